The highest BCUT2D eigenvalue weighted by atomic mass is 16.7. The lowest BCUT2D eigenvalue weighted by atomic mass is 10.1. The normalized spacial score (nSPS) is 12.5. The van der Waals surface area contributed by atoms with E-state index in [-0.39, 0.29) is 18.3 Å². The Morgan fingerprint density at radius 1 is 1.29 bits per heavy atom. The zero-order valence-corrected chi connectivity index (χ0v) is 12.4. The summed E-state index contributed by atoms with van der Waals surface area (Å²) in [5.74, 6) is 0.0753. The van der Waals surface area contributed by atoms with E-state index < -0.39 is 18.0 Å². The van der Waals surface area contributed by atoms with E-state index in [1.807, 2.05) is 0 Å². The molecule has 3 rings (SSSR count). The summed E-state index contributed by atoms with van der Waals surface area (Å²) in [4.78, 5) is 23.5. The molecule has 124 valence electrons. The van der Waals surface area contributed by atoms with Gasteiger partial charge in [-0.15, -0.1) is 0 Å². The van der Waals surface area contributed by atoms with Gasteiger partial charge in [-0.05, 0) is 12.1 Å². The number of nitrogens with two attached hydrogens (primary N) is 1. The fraction of sp³-hybridized carbons (Fsp3) is 0.125. The molecule has 0 unspecified atom stereocenters. The molecule has 0 fully saturated rings. The maximum atomic E-state index is 11.8. The Morgan fingerprint density at radius 3 is 2.75 bits per heavy atom. The van der Waals surface area contributed by atoms with Crippen molar-refractivity contribution in [1.29, 1.82) is 0 Å². The molecule has 0 atom stereocenters. The first-order valence-corrected chi connectivity index (χ1v) is 6.88. The molecular formula is C16H13NO7. The Bertz CT molecular complexity index is 869. The Balaban J connectivity index is 1.73. The fourth-order valence-electron chi connectivity index (χ4n) is 2.01. The summed E-state index contributed by atoms with van der Waals surface area (Å²) < 4.78 is 20.2. The summed E-state index contributed by atoms with van der Waals surface area (Å²) in [5.41, 5.74) is 6.23. The Kier molecular flexibility index (Phi) is 4.21. The molecule has 0 radical (unpaired) electrons. The van der Waals surface area contributed by atoms with Crippen LogP contribution in [0.2, 0.25) is 0 Å². The zero-order chi connectivity index (χ0) is 17.1. The molecule has 1 aromatic carbocycles. The van der Waals surface area contributed by atoms with E-state index in [0.29, 0.717) is 22.7 Å². The number of aliphatic hydroxyl groups excluding tert-OH is 1. The van der Waals surface area contributed by atoms with Gasteiger partial charge in [0.15, 0.2) is 11.5 Å². The topological polar surface area (TPSA) is 121 Å². The number of hydrogen-bond donors (Lipinski definition) is 2. The van der Waals surface area contributed by atoms with Crippen LogP contribution in [0.3, 0.4) is 0 Å². The van der Waals surface area contributed by atoms with E-state index in [1.165, 1.54) is 6.08 Å². The predicted molar refractivity (Wildman–Crippen MR) is 82.5 cm³/mol. The molecule has 8 nitrogen and oxygen atoms in total. The fourth-order valence-corrected chi connectivity index (χ4v) is 2.01. The third-order valence-electron chi connectivity index (χ3n) is 3.20. The van der Waals surface area contributed by atoms with Gasteiger partial charge in [-0.25, -0.2) is 4.79 Å². The van der Waals surface area contributed by atoms with Crippen LogP contribution < -0.4 is 25.4 Å². The highest BCUT2D eigenvalue weighted by Gasteiger charge is 2.15. The number of ether oxygens (including phenoxy) is 3. The highest BCUT2D eigenvalue weighted by Crippen LogP contribution is 2.36. The number of fused-ring (bicyclic) bond motifs is 1. The summed E-state index contributed by atoms with van der Waals surface area (Å²) in [6, 6.07) is 4.27. The number of hydrogen-bond acceptors (Lipinski definition) is 8. The number of carbonyl (C=O) groups excluding carboxylic acids is 1. The minimum absolute atomic E-state index is 0.0727. The van der Waals surface area contributed by atoms with Crippen molar-refractivity contribution in [3.05, 3.63) is 52.1 Å². The van der Waals surface area contributed by atoms with E-state index in [0.717, 1.165) is 18.4 Å². The van der Waals surface area contributed by atoms with Gasteiger partial charge in [0.1, 0.15) is 18.6 Å². The van der Waals surface area contributed by atoms with Crippen LogP contribution in [0.5, 0.6) is 17.2 Å². The van der Waals surface area contributed by atoms with Crippen LogP contribution >= 0.6 is 0 Å². The van der Waals surface area contributed by atoms with Gasteiger partial charge >= 0.3 is 5.97 Å². The zero-order valence-electron chi connectivity index (χ0n) is 12.4. The van der Waals surface area contributed by atoms with Crippen molar-refractivity contribution in [1.82, 2.24) is 0 Å². The second-order valence-electron chi connectivity index (χ2n) is 4.82. The van der Waals surface area contributed by atoms with E-state index in [4.69, 9.17) is 29.5 Å². The van der Waals surface area contributed by atoms with Crippen molar-refractivity contribution < 1.29 is 28.5 Å². The molecule has 3 N–H and O–H groups in total. The molecule has 0 bridgehead atoms. The van der Waals surface area contributed by atoms with Crippen molar-refractivity contribution in [2.45, 2.75) is 6.61 Å². The van der Waals surface area contributed by atoms with Crippen molar-refractivity contribution in [2.75, 3.05) is 12.5 Å². The second-order valence-corrected chi connectivity index (χ2v) is 4.82. The summed E-state index contributed by atoms with van der Waals surface area (Å²) in [7, 11) is 0. The van der Waals surface area contributed by atoms with Crippen LogP contribution in [0.1, 0.15) is 11.3 Å². The van der Waals surface area contributed by atoms with E-state index >= 15 is 0 Å². The van der Waals surface area contributed by atoms with Gasteiger partial charge in [-0.2, -0.15) is 0 Å². The van der Waals surface area contributed by atoms with Gasteiger partial charge in [0.25, 0.3) is 0 Å². The summed E-state index contributed by atoms with van der Waals surface area (Å²) in [5, 5.41) is 8.86. The Labute approximate surface area is 135 Å². The summed E-state index contributed by atoms with van der Waals surface area (Å²) in [6.07, 6.45) is 3.52. The Hall–Kier alpha value is -3.26. The van der Waals surface area contributed by atoms with Crippen LogP contribution in [-0.2, 0) is 11.4 Å². The van der Waals surface area contributed by atoms with Gasteiger partial charge in [0, 0.05) is 29.5 Å². The van der Waals surface area contributed by atoms with Crippen molar-refractivity contribution >= 4 is 17.7 Å². The monoisotopic (exact) mass is 331 g/mol. The molecule has 2 aromatic rings. The largest absolute Gasteiger partial charge is 0.463 e. The van der Waals surface area contributed by atoms with Gasteiger partial charge in [-0.1, -0.05) is 0 Å². The first-order valence-electron chi connectivity index (χ1n) is 6.88. The highest BCUT2D eigenvalue weighted by molar-refractivity contribution is 5.90. The average Bonchev–Trinajstić information content (AvgIpc) is 3.01. The first-order chi connectivity index (χ1) is 11.6. The van der Waals surface area contributed by atoms with Gasteiger partial charge < -0.3 is 29.5 Å². The molecule has 0 amide bonds. The van der Waals surface area contributed by atoms with E-state index in [2.05, 4.69) is 0 Å². The van der Waals surface area contributed by atoms with E-state index in [1.54, 1.807) is 12.1 Å². The molecule has 8 heteroatoms. The maximum absolute atomic E-state index is 11.8. The maximum Gasteiger partial charge on any atom is 0.336 e. The lowest BCUT2D eigenvalue weighted by molar-refractivity contribution is -0.129. The molecule has 1 aromatic heterocycles. The number of benzene rings is 1. The second kappa shape index (κ2) is 6.47. The molecule has 0 saturated carbocycles. The Morgan fingerprint density at radius 2 is 2.04 bits per heavy atom. The minimum atomic E-state index is -0.781. The molecule has 0 saturated heterocycles. The number of aliphatic hydroxyl groups is 1. The van der Waals surface area contributed by atoms with Crippen LogP contribution in [0.25, 0.3) is 6.08 Å². The van der Waals surface area contributed by atoms with Crippen LogP contribution in [0.4, 0.5) is 5.69 Å². The summed E-state index contributed by atoms with van der Waals surface area (Å²) in [6.45, 7) is -0.309. The lowest BCUT2D eigenvalue weighted by Gasteiger charge is -2.03. The van der Waals surface area contributed by atoms with Gasteiger partial charge in [0.2, 0.25) is 18.0 Å². The lowest BCUT2D eigenvalue weighted by Crippen LogP contribution is -2.12. The van der Waals surface area contributed by atoms with Crippen molar-refractivity contribution in [3.8, 4) is 17.2 Å². The van der Waals surface area contributed by atoms with Crippen molar-refractivity contribution in [3.63, 3.8) is 0 Å². The molecule has 1 aliphatic heterocycles. The molecule has 0 aliphatic carbocycles. The van der Waals surface area contributed by atoms with Crippen LogP contribution in [-0.4, -0.2) is 17.9 Å². The molecular weight excluding hydrogens is 318 g/mol. The third-order valence-corrected chi connectivity index (χ3v) is 3.20. The SMILES string of the molecule is Nc1cc2c(cc1/C=C/C(=O)Oc1coc(CO)cc1=O)OCO2. The number of rotatable bonds is 4. The third kappa shape index (κ3) is 3.23. The van der Waals surface area contributed by atoms with Crippen LogP contribution in [0.15, 0.2) is 39.7 Å². The van der Waals surface area contributed by atoms with E-state index in [9.17, 15) is 9.59 Å². The number of esters is 1. The standard InChI is InChI=1S/C16H13NO7/c17-11-5-14-13(22-8-23-14)3-9(11)1-2-16(20)24-15-7-21-10(6-18)4-12(15)19/h1-5,7,18H,6,8,17H2/b2-1+. The average molecular weight is 331 g/mol. The smallest absolute Gasteiger partial charge is 0.336 e. The summed E-state index contributed by atoms with van der Waals surface area (Å²) >= 11 is 0. The predicted octanol–water partition coefficient (Wildman–Crippen LogP) is 1.06. The quantitative estimate of drug-likeness (QED) is 0.484. The number of nitrogen functional groups attached to an aromatic ring is 1. The number of anilines is 1. The minimum Gasteiger partial charge on any atom is -0.463 e. The number of carbonyl (C=O) groups is 1. The molecule has 1 aliphatic rings. The van der Waals surface area contributed by atoms with Crippen LogP contribution in [0, 0.1) is 0 Å². The molecule has 0 spiro atoms. The van der Waals surface area contributed by atoms with Crippen molar-refractivity contribution in [2.24, 2.45) is 0 Å². The van der Waals surface area contributed by atoms with Gasteiger partial charge in [-0.3, -0.25) is 4.79 Å². The first kappa shape index (κ1) is 15.6. The molecule has 2 heterocycles. The van der Waals surface area contributed by atoms with Gasteiger partial charge in [0.05, 0.1) is 0 Å². The molecule has 24 heavy (non-hydrogen) atoms.